The number of thioether (sulfide) groups is 1. The Morgan fingerprint density at radius 3 is 3.14 bits per heavy atom. The van der Waals surface area contributed by atoms with Crippen molar-refractivity contribution < 1.29 is 4.79 Å². The van der Waals surface area contributed by atoms with Gasteiger partial charge in [0, 0.05) is 29.8 Å². The molecule has 2 heterocycles. The lowest BCUT2D eigenvalue weighted by atomic mass is 10.2. The SMILES string of the molecule is CN(CC(=O)N1CCSc2ccccc21)CC1CCCN1. The van der Waals surface area contributed by atoms with Gasteiger partial charge in [-0.2, -0.15) is 0 Å². The Hall–Kier alpha value is -1.04. The fourth-order valence-electron chi connectivity index (χ4n) is 3.10. The molecule has 1 aromatic rings. The van der Waals surface area contributed by atoms with Crippen molar-refractivity contribution in [1.82, 2.24) is 10.2 Å². The molecule has 3 rings (SSSR count). The predicted octanol–water partition coefficient (Wildman–Crippen LogP) is 1.81. The second-order valence-electron chi connectivity index (χ2n) is 5.85. The Morgan fingerprint density at radius 1 is 1.48 bits per heavy atom. The summed E-state index contributed by atoms with van der Waals surface area (Å²) in [7, 11) is 2.04. The summed E-state index contributed by atoms with van der Waals surface area (Å²) in [5.74, 6) is 1.19. The molecule has 1 atom stereocenters. The summed E-state index contributed by atoms with van der Waals surface area (Å²) in [6.45, 7) is 3.38. The van der Waals surface area contributed by atoms with Crippen LogP contribution in [0.2, 0.25) is 0 Å². The zero-order chi connectivity index (χ0) is 14.7. The number of anilines is 1. The lowest BCUT2D eigenvalue weighted by Crippen LogP contribution is -2.44. The van der Waals surface area contributed by atoms with Crippen molar-refractivity contribution in [3.63, 3.8) is 0 Å². The van der Waals surface area contributed by atoms with Gasteiger partial charge in [-0.15, -0.1) is 11.8 Å². The Morgan fingerprint density at radius 2 is 2.33 bits per heavy atom. The molecule has 4 nitrogen and oxygen atoms in total. The molecule has 5 heteroatoms. The van der Waals surface area contributed by atoms with Gasteiger partial charge in [0.05, 0.1) is 12.2 Å². The average Bonchev–Trinajstić information content (AvgIpc) is 2.99. The Balaban J connectivity index is 1.60. The van der Waals surface area contributed by atoms with Crippen LogP contribution in [0.3, 0.4) is 0 Å². The van der Waals surface area contributed by atoms with Crippen LogP contribution < -0.4 is 10.2 Å². The average molecular weight is 305 g/mol. The number of carbonyl (C=O) groups excluding carboxylic acids is 1. The number of carbonyl (C=O) groups is 1. The minimum atomic E-state index is 0.211. The molecule has 0 spiro atoms. The van der Waals surface area contributed by atoms with Gasteiger partial charge in [0.1, 0.15) is 0 Å². The third kappa shape index (κ3) is 3.59. The predicted molar refractivity (Wildman–Crippen MR) is 88.0 cm³/mol. The van der Waals surface area contributed by atoms with Crippen LogP contribution in [0.15, 0.2) is 29.2 Å². The first-order valence-corrected chi connectivity index (χ1v) is 8.67. The van der Waals surface area contributed by atoms with E-state index in [1.165, 1.54) is 17.7 Å². The molecule has 0 saturated carbocycles. The van der Waals surface area contributed by atoms with Crippen molar-refractivity contribution in [3.8, 4) is 0 Å². The number of nitrogens with zero attached hydrogens (tertiary/aromatic N) is 2. The maximum Gasteiger partial charge on any atom is 0.241 e. The van der Waals surface area contributed by atoms with E-state index in [0.29, 0.717) is 12.6 Å². The summed E-state index contributed by atoms with van der Waals surface area (Å²) in [5, 5.41) is 3.49. The van der Waals surface area contributed by atoms with Gasteiger partial charge in [0.15, 0.2) is 0 Å². The van der Waals surface area contributed by atoms with E-state index in [9.17, 15) is 4.79 Å². The van der Waals surface area contributed by atoms with Gasteiger partial charge in [-0.1, -0.05) is 12.1 Å². The number of benzene rings is 1. The number of para-hydroxylation sites is 1. The molecule has 1 fully saturated rings. The number of rotatable bonds is 4. The van der Waals surface area contributed by atoms with E-state index in [1.54, 1.807) is 0 Å². The van der Waals surface area contributed by atoms with E-state index in [2.05, 4.69) is 22.3 Å². The first kappa shape index (κ1) is 14.9. The number of hydrogen-bond acceptors (Lipinski definition) is 4. The van der Waals surface area contributed by atoms with Crippen molar-refractivity contribution >= 4 is 23.4 Å². The molecule has 1 amide bonds. The molecule has 2 aliphatic heterocycles. The van der Waals surface area contributed by atoms with Gasteiger partial charge in [-0.25, -0.2) is 0 Å². The van der Waals surface area contributed by atoms with Crippen LogP contribution >= 0.6 is 11.8 Å². The van der Waals surface area contributed by atoms with Crippen molar-refractivity contribution in [3.05, 3.63) is 24.3 Å². The summed E-state index contributed by atoms with van der Waals surface area (Å²) in [6.07, 6.45) is 2.48. The third-order valence-electron chi connectivity index (χ3n) is 4.13. The van der Waals surface area contributed by atoms with Crippen molar-refractivity contribution in [2.24, 2.45) is 0 Å². The third-order valence-corrected chi connectivity index (χ3v) is 5.17. The molecular formula is C16H23N3OS. The van der Waals surface area contributed by atoms with Gasteiger partial charge in [-0.05, 0) is 38.6 Å². The van der Waals surface area contributed by atoms with E-state index in [-0.39, 0.29) is 5.91 Å². The smallest absolute Gasteiger partial charge is 0.241 e. The second-order valence-corrected chi connectivity index (χ2v) is 6.99. The fraction of sp³-hybridized carbons (Fsp3) is 0.562. The molecule has 0 aliphatic carbocycles. The molecule has 2 aliphatic rings. The van der Waals surface area contributed by atoms with Gasteiger partial charge in [0.2, 0.25) is 5.91 Å². The highest BCUT2D eigenvalue weighted by molar-refractivity contribution is 7.99. The van der Waals surface area contributed by atoms with Gasteiger partial charge >= 0.3 is 0 Å². The zero-order valence-electron chi connectivity index (χ0n) is 12.5. The summed E-state index contributed by atoms with van der Waals surface area (Å²) >= 11 is 1.84. The Kier molecular flexibility index (Phi) is 4.83. The Labute approximate surface area is 130 Å². The number of nitrogens with one attached hydrogen (secondary N) is 1. The zero-order valence-corrected chi connectivity index (χ0v) is 13.4. The molecule has 21 heavy (non-hydrogen) atoms. The summed E-state index contributed by atoms with van der Waals surface area (Å²) in [5.41, 5.74) is 1.08. The van der Waals surface area contributed by atoms with E-state index < -0.39 is 0 Å². The monoisotopic (exact) mass is 305 g/mol. The first-order chi connectivity index (χ1) is 10.2. The van der Waals surface area contributed by atoms with Gasteiger partial charge in [0.25, 0.3) is 0 Å². The van der Waals surface area contributed by atoms with Crippen LogP contribution in [0, 0.1) is 0 Å². The normalized spacial score (nSPS) is 21.6. The minimum Gasteiger partial charge on any atom is -0.313 e. The molecule has 1 N–H and O–H groups in total. The van der Waals surface area contributed by atoms with E-state index in [0.717, 1.165) is 31.1 Å². The number of likely N-dealkylation sites (N-methyl/N-ethyl adjacent to an activating group) is 1. The van der Waals surface area contributed by atoms with Crippen LogP contribution in [-0.2, 0) is 4.79 Å². The highest BCUT2D eigenvalue weighted by atomic mass is 32.2. The lowest BCUT2D eigenvalue weighted by Gasteiger charge is -2.31. The Bertz CT molecular complexity index is 502. The van der Waals surface area contributed by atoms with Crippen LogP contribution in [0.1, 0.15) is 12.8 Å². The molecule has 1 aromatic carbocycles. The van der Waals surface area contributed by atoms with Crippen LogP contribution in [0.25, 0.3) is 0 Å². The quantitative estimate of drug-likeness (QED) is 0.920. The van der Waals surface area contributed by atoms with Crippen molar-refractivity contribution in [1.29, 1.82) is 0 Å². The highest BCUT2D eigenvalue weighted by Crippen LogP contribution is 2.34. The summed E-state index contributed by atoms with van der Waals surface area (Å²) < 4.78 is 0. The van der Waals surface area contributed by atoms with E-state index >= 15 is 0 Å². The second kappa shape index (κ2) is 6.81. The van der Waals surface area contributed by atoms with Crippen LogP contribution in [0.5, 0.6) is 0 Å². The maximum atomic E-state index is 12.6. The number of fused-ring (bicyclic) bond motifs is 1. The molecule has 0 bridgehead atoms. The van der Waals surface area contributed by atoms with Gasteiger partial charge < -0.3 is 10.2 Å². The van der Waals surface area contributed by atoms with E-state index in [1.807, 2.05) is 35.8 Å². The van der Waals surface area contributed by atoms with Crippen molar-refractivity contribution in [2.45, 2.75) is 23.8 Å². The van der Waals surface area contributed by atoms with Crippen LogP contribution in [-0.4, -0.2) is 55.8 Å². The highest BCUT2D eigenvalue weighted by Gasteiger charge is 2.24. The van der Waals surface area contributed by atoms with Crippen molar-refractivity contribution in [2.75, 3.05) is 43.9 Å². The first-order valence-electron chi connectivity index (χ1n) is 7.68. The summed E-state index contributed by atoms with van der Waals surface area (Å²) in [6, 6.07) is 8.75. The molecule has 1 unspecified atom stereocenters. The molecule has 0 aromatic heterocycles. The molecular weight excluding hydrogens is 282 g/mol. The minimum absolute atomic E-state index is 0.211. The largest absolute Gasteiger partial charge is 0.313 e. The van der Waals surface area contributed by atoms with E-state index in [4.69, 9.17) is 0 Å². The molecule has 114 valence electrons. The molecule has 1 saturated heterocycles. The van der Waals surface area contributed by atoms with Gasteiger partial charge in [-0.3, -0.25) is 9.69 Å². The fourth-order valence-corrected chi connectivity index (χ4v) is 4.09. The topological polar surface area (TPSA) is 35.6 Å². The van der Waals surface area contributed by atoms with Crippen LogP contribution in [0.4, 0.5) is 5.69 Å². The lowest BCUT2D eigenvalue weighted by molar-refractivity contribution is -0.119. The number of hydrogen-bond donors (Lipinski definition) is 1. The molecule has 0 radical (unpaired) electrons. The number of amides is 1. The standard InChI is InChI=1S/C16H23N3OS/c1-18(11-13-5-4-8-17-13)12-16(20)19-9-10-21-15-7-3-2-6-14(15)19/h2-3,6-7,13,17H,4-5,8-12H2,1H3. The summed E-state index contributed by atoms with van der Waals surface area (Å²) in [4.78, 5) is 17.9. The maximum absolute atomic E-state index is 12.6.